The lowest BCUT2D eigenvalue weighted by Crippen LogP contribution is -2.68. The summed E-state index contributed by atoms with van der Waals surface area (Å²) in [6, 6.07) is 20.1. The van der Waals surface area contributed by atoms with Crippen molar-refractivity contribution < 1.29 is 24.2 Å². The van der Waals surface area contributed by atoms with E-state index in [2.05, 4.69) is 29.2 Å². The van der Waals surface area contributed by atoms with E-state index in [1.54, 1.807) is 11.8 Å². The lowest BCUT2D eigenvalue weighted by molar-refractivity contribution is -0.159. The van der Waals surface area contributed by atoms with Crippen molar-refractivity contribution in [2.75, 3.05) is 32.7 Å². The third kappa shape index (κ3) is 5.07. The number of benzene rings is 2. The number of rotatable bonds is 5. The quantitative estimate of drug-likeness (QED) is 0.683. The van der Waals surface area contributed by atoms with Crippen molar-refractivity contribution in [1.82, 2.24) is 14.7 Å². The Labute approximate surface area is 199 Å². The smallest absolute Gasteiger partial charge is 0.407 e. The molecule has 2 heterocycles. The van der Waals surface area contributed by atoms with Crippen LogP contribution in [0, 0.1) is 0 Å². The molecule has 0 spiro atoms. The molecule has 2 amide bonds. The van der Waals surface area contributed by atoms with Crippen LogP contribution in [0.25, 0.3) is 0 Å². The van der Waals surface area contributed by atoms with E-state index in [0.717, 1.165) is 11.1 Å². The first-order valence-electron chi connectivity index (χ1n) is 11.6. The Hall–Kier alpha value is -3.39. The number of fused-ring (bicyclic) bond motifs is 1. The Morgan fingerprint density at radius 2 is 1.44 bits per heavy atom. The van der Waals surface area contributed by atoms with Crippen LogP contribution in [0.2, 0.25) is 0 Å². The molecule has 2 saturated heterocycles. The lowest BCUT2D eigenvalue weighted by Gasteiger charge is -2.53. The van der Waals surface area contributed by atoms with E-state index in [-0.39, 0.29) is 23.9 Å². The van der Waals surface area contributed by atoms with Crippen molar-refractivity contribution >= 4 is 18.0 Å². The zero-order valence-corrected chi connectivity index (χ0v) is 19.5. The number of hydrogen-bond donors (Lipinski definition) is 1. The fraction of sp³-hybridized carbons (Fsp3) is 0.423. The van der Waals surface area contributed by atoms with Gasteiger partial charge in [0.25, 0.3) is 5.91 Å². The van der Waals surface area contributed by atoms with Gasteiger partial charge in [-0.2, -0.15) is 0 Å². The number of nitrogens with zero attached hydrogens (tertiary/aromatic N) is 3. The molecule has 0 unspecified atom stereocenters. The summed E-state index contributed by atoms with van der Waals surface area (Å²) < 4.78 is 5.09. The number of carbonyl (C=O) groups excluding carboxylic acids is 2. The molecular formula is C26H31N3O5. The normalized spacial score (nSPS) is 21.6. The summed E-state index contributed by atoms with van der Waals surface area (Å²) >= 11 is 0. The maximum atomic E-state index is 12.9. The number of piperazine rings is 2. The molecule has 3 atom stereocenters. The number of esters is 1. The molecule has 34 heavy (non-hydrogen) atoms. The highest BCUT2D eigenvalue weighted by Gasteiger charge is 2.44. The summed E-state index contributed by atoms with van der Waals surface area (Å²) in [5.41, 5.74) is 2.26. The van der Waals surface area contributed by atoms with Crippen LogP contribution in [-0.2, 0) is 14.3 Å². The Morgan fingerprint density at radius 3 is 1.97 bits per heavy atom. The maximum Gasteiger partial charge on any atom is 0.407 e. The molecule has 1 N–H and O–H groups in total. The average Bonchev–Trinajstić information content (AvgIpc) is 2.84. The Morgan fingerprint density at radius 1 is 0.882 bits per heavy atom. The predicted octanol–water partition coefficient (Wildman–Crippen LogP) is 2.65. The van der Waals surface area contributed by atoms with Crippen LogP contribution in [0.5, 0.6) is 0 Å². The van der Waals surface area contributed by atoms with Crippen molar-refractivity contribution in [1.29, 1.82) is 0 Å². The van der Waals surface area contributed by atoms with Crippen molar-refractivity contribution in [2.45, 2.75) is 38.0 Å². The highest BCUT2D eigenvalue weighted by atomic mass is 16.5. The monoisotopic (exact) mass is 465 g/mol. The zero-order chi connectivity index (χ0) is 24.2. The molecule has 2 fully saturated rings. The molecule has 0 bridgehead atoms. The molecule has 8 nitrogen and oxygen atoms in total. The van der Waals surface area contributed by atoms with E-state index in [1.807, 2.05) is 36.4 Å². The molecule has 2 aromatic carbocycles. The lowest BCUT2D eigenvalue weighted by atomic mass is 9.82. The minimum absolute atomic E-state index is 0.0192. The van der Waals surface area contributed by atoms with E-state index in [9.17, 15) is 19.5 Å². The van der Waals surface area contributed by atoms with Gasteiger partial charge < -0.3 is 19.6 Å². The Kier molecular flexibility index (Phi) is 7.17. The molecule has 0 aliphatic carbocycles. The number of hydrogen-bond acceptors (Lipinski definition) is 5. The van der Waals surface area contributed by atoms with Crippen LogP contribution in [0.4, 0.5) is 4.79 Å². The summed E-state index contributed by atoms with van der Waals surface area (Å²) in [6.45, 7) is 5.08. The number of amides is 2. The first kappa shape index (κ1) is 23.8. The summed E-state index contributed by atoms with van der Waals surface area (Å²) in [5, 5.41) is 9.90. The van der Waals surface area contributed by atoms with Crippen LogP contribution in [-0.4, -0.2) is 88.7 Å². The standard InChI is InChI=1S/C26H31N3O5/c1-18(34-19(2)30)25(31)27-13-14-29-22(15-27)16-28(26(32)33)17-23(29)24(20-9-5-3-6-10-20)21-11-7-4-8-12-21/h3-12,18,22-24H,13-17H2,1-2H3,(H,32,33)/t18-,22-,23-/m0/s1. The largest absolute Gasteiger partial charge is 0.465 e. The third-order valence-corrected chi connectivity index (χ3v) is 6.77. The molecule has 0 radical (unpaired) electrons. The molecule has 2 aromatic rings. The van der Waals surface area contributed by atoms with Gasteiger partial charge in [0, 0.05) is 57.6 Å². The van der Waals surface area contributed by atoms with Gasteiger partial charge in [0.1, 0.15) is 0 Å². The molecule has 2 aliphatic rings. The number of ether oxygens (including phenoxy) is 1. The van der Waals surface area contributed by atoms with Gasteiger partial charge in [0.2, 0.25) is 0 Å². The van der Waals surface area contributed by atoms with E-state index >= 15 is 0 Å². The zero-order valence-electron chi connectivity index (χ0n) is 19.5. The van der Waals surface area contributed by atoms with Gasteiger partial charge in [-0.15, -0.1) is 0 Å². The van der Waals surface area contributed by atoms with Crippen molar-refractivity contribution in [3.05, 3.63) is 71.8 Å². The van der Waals surface area contributed by atoms with Gasteiger partial charge in [-0.25, -0.2) is 4.79 Å². The van der Waals surface area contributed by atoms with Crippen LogP contribution >= 0.6 is 0 Å². The topological polar surface area (TPSA) is 90.4 Å². The Bertz CT molecular complexity index is 976. The van der Waals surface area contributed by atoms with E-state index in [4.69, 9.17) is 4.74 Å². The second-order valence-electron chi connectivity index (χ2n) is 8.98. The first-order valence-corrected chi connectivity index (χ1v) is 11.6. The van der Waals surface area contributed by atoms with Gasteiger partial charge in [-0.1, -0.05) is 60.7 Å². The summed E-state index contributed by atoms with van der Waals surface area (Å²) in [7, 11) is 0. The van der Waals surface area contributed by atoms with Crippen molar-refractivity contribution in [3.8, 4) is 0 Å². The maximum absolute atomic E-state index is 12.9. The van der Waals surface area contributed by atoms with E-state index in [1.165, 1.54) is 11.8 Å². The minimum atomic E-state index is -0.957. The molecule has 0 aromatic heterocycles. The first-order chi connectivity index (χ1) is 16.3. The number of carboxylic acid groups (broad SMARTS) is 1. The SMILES string of the molecule is CC(=O)O[C@@H](C)C(=O)N1CCN2[C@H](CN(C(=O)O)C[C@H]2C(c2ccccc2)c2ccccc2)C1. The van der Waals surface area contributed by atoms with Crippen LogP contribution in [0.1, 0.15) is 30.9 Å². The summed E-state index contributed by atoms with van der Waals surface area (Å²) in [5.74, 6) is -0.765. The third-order valence-electron chi connectivity index (χ3n) is 6.77. The highest BCUT2D eigenvalue weighted by Crippen LogP contribution is 2.35. The van der Waals surface area contributed by atoms with Gasteiger partial charge in [0.05, 0.1) is 0 Å². The van der Waals surface area contributed by atoms with E-state index < -0.39 is 18.2 Å². The minimum Gasteiger partial charge on any atom is -0.465 e. The van der Waals surface area contributed by atoms with Crippen LogP contribution < -0.4 is 0 Å². The molecule has 0 saturated carbocycles. The van der Waals surface area contributed by atoms with Crippen LogP contribution in [0.3, 0.4) is 0 Å². The second-order valence-corrected chi connectivity index (χ2v) is 8.98. The summed E-state index contributed by atoms with van der Waals surface area (Å²) in [6.07, 6.45) is -1.82. The molecule has 4 rings (SSSR count). The van der Waals surface area contributed by atoms with Gasteiger partial charge in [0.15, 0.2) is 6.10 Å². The fourth-order valence-corrected chi connectivity index (χ4v) is 5.30. The van der Waals surface area contributed by atoms with Crippen molar-refractivity contribution in [2.24, 2.45) is 0 Å². The Balaban J connectivity index is 1.64. The second kappa shape index (κ2) is 10.3. The fourth-order valence-electron chi connectivity index (χ4n) is 5.30. The van der Waals surface area contributed by atoms with Gasteiger partial charge in [-0.3, -0.25) is 14.5 Å². The summed E-state index contributed by atoms with van der Waals surface area (Å²) in [4.78, 5) is 41.8. The van der Waals surface area contributed by atoms with Gasteiger partial charge >= 0.3 is 12.1 Å². The average molecular weight is 466 g/mol. The highest BCUT2D eigenvalue weighted by molar-refractivity contribution is 5.83. The van der Waals surface area contributed by atoms with E-state index in [0.29, 0.717) is 32.7 Å². The predicted molar refractivity (Wildman–Crippen MR) is 126 cm³/mol. The van der Waals surface area contributed by atoms with Crippen LogP contribution in [0.15, 0.2) is 60.7 Å². The molecular weight excluding hydrogens is 434 g/mol. The molecule has 2 aliphatic heterocycles. The molecule has 8 heteroatoms. The molecule has 180 valence electrons. The number of carbonyl (C=O) groups is 3. The van der Waals surface area contributed by atoms with Crippen molar-refractivity contribution in [3.63, 3.8) is 0 Å². The van der Waals surface area contributed by atoms with Gasteiger partial charge in [-0.05, 0) is 18.1 Å².